The van der Waals surface area contributed by atoms with Crippen molar-refractivity contribution in [2.24, 2.45) is 0 Å². The number of hydrogen-bond donors (Lipinski definition) is 2. The Hall–Kier alpha value is -0.640. The minimum atomic E-state index is -0.0741. The minimum absolute atomic E-state index is 0.0741. The molecule has 1 saturated heterocycles. The average molecular weight is 167 g/mol. The first-order valence-electron chi connectivity index (χ1n) is 4.26. The normalized spacial score (nSPS) is 34.2. The first-order chi connectivity index (χ1) is 5.92. The molecule has 66 valence electrons. The maximum atomic E-state index is 9.01. The Kier molecular flexibility index (Phi) is 2.26. The molecule has 0 amide bonds. The molecule has 1 unspecified atom stereocenters. The van der Waals surface area contributed by atoms with Crippen LogP contribution in [0.25, 0.3) is 0 Å². The Morgan fingerprint density at radius 1 is 1.67 bits per heavy atom. The Morgan fingerprint density at radius 3 is 3.08 bits per heavy atom. The second kappa shape index (κ2) is 3.39. The molecule has 12 heavy (non-hydrogen) atoms. The Labute approximate surface area is 71.7 Å². The number of rotatable bonds is 2. The van der Waals surface area contributed by atoms with E-state index in [2.05, 4.69) is 17.5 Å². The first-order valence-corrected chi connectivity index (χ1v) is 4.26. The molecule has 2 atom stereocenters. The predicted octanol–water partition coefficient (Wildman–Crippen LogP) is -0.168. The molecular formula is C9H13NO2. The van der Waals surface area contributed by atoms with Crippen molar-refractivity contribution >= 4 is 0 Å². The molecule has 2 N–H and O–H groups in total. The van der Waals surface area contributed by atoms with E-state index in [1.807, 2.05) is 6.08 Å². The zero-order valence-electron chi connectivity index (χ0n) is 6.86. The predicted molar refractivity (Wildman–Crippen MR) is 45.8 cm³/mol. The smallest absolute Gasteiger partial charge is 0.1000 e. The van der Waals surface area contributed by atoms with E-state index in [4.69, 9.17) is 9.84 Å². The number of aliphatic hydroxyl groups excluding tert-OH is 1. The number of ether oxygens (including phenoxy) is 1. The van der Waals surface area contributed by atoms with E-state index in [1.54, 1.807) is 0 Å². The molecule has 2 aliphatic rings. The van der Waals surface area contributed by atoms with E-state index < -0.39 is 0 Å². The van der Waals surface area contributed by atoms with E-state index in [0.717, 1.165) is 6.54 Å². The lowest BCUT2D eigenvalue weighted by atomic mass is 9.95. The SMILES string of the molecule is OC[C@H]1OCCNC1C1=CC=C1. The summed E-state index contributed by atoms with van der Waals surface area (Å²) in [7, 11) is 0. The molecule has 0 radical (unpaired) electrons. The molecule has 0 saturated carbocycles. The van der Waals surface area contributed by atoms with Gasteiger partial charge in [-0.1, -0.05) is 18.2 Å². The van der Waals surface area contributed by atoms with Crippen LogP contribution >= 0.6 is 0 Å². The third kappa shape index (κ3) is 1.31. The molecule has 1 fully saturated rings. The summed E-state index contributed by atoms with van der Waals surface area (Å²) in [5, 5.41) is 12.3. The lowest BCUT2D eigenvalue weighted by Gasteiger charge is -2.33. The summed E-state index contributed by atoms with van der Waals surface area (Å²) in [4.78, 5) is 0. The van der Waals surface area contributed by atoms with Crippen molar-refractivity contribution in [1.82, 2.24) is 5.32 Å². The largest absolute Gasteiger partial charge is 0.394 e. The number of morpholine rings is 1. The van der Waals surface area contributed by atoms with Gasteiger partial charge < -0.3 is 15.2 Å². The van der Waals surface area contributed by atoms with Gasteiger partial charge in [0, 0.05) is 6.54 Å². The highest BCUT2D eigenvalue weighted by molar-refractivity contribution is 5.40. The van der Waals surface area contributed by atoms with E-state index >= 15 is 0 Å². The lowest BCUT2D eigenvalue weighted by molar-refractivity contribution is -0.0256. The summed E-state index contributed by atoms with van der Waals surface area (Å²) < 4.78 is 5.41. The molecular weight excluding hydrogens is 154 g/mol. The zero-order valence-corrected chi connectivity index (χ0v) is 6.86. The van der Waals surface area contributed by atoms with Crippen LogP contribution in [0, 0.1) is 0 Å². The van der Waals surface area contributed by atoms with Crippen molar-refractivity contribution in [1.29, 1.82) is 0 Å². The molecule has 0 aromatic heterocycles. The van der Waals surface area contributed by atoms with Crippen LogP contribution in [-0.2, 0) is 4.74 Å². The van der Waals surface area contributed by atoms with Gasteiger partial charge in [0.2, 0.25) is 0 Å². The number of aliphatic hydroxyl groups is 1. The fraction of sp³-hybridized carbons (Fsp3) is 0.556. The number of hydrogen-bond acceptors (Lipinski definition) is 3. The monoisotopic (exact) mass is 167 g/mol. The van der Waals surface area contributed by atoms with Gasteiger partial charge in [-0.05, 0) is 5.57 Å². The van der Waals surface area contributed by atoms with E-state index in [9.17, 15) is 0 Å². The summed E-state index contributed by atoms with van der Waals surface area (Å²) in [5.74, 6) is 0. The summed E-state index contributed by atoms with van der Waals surface area (Å²) >= 11 is 0. The molecule has 3 nitrogen and oxygen atoms in total. The van der Waals surface area contributed by atoms with Crippen LogP contribution in [0.3, 0.4) is 0 Å². The van der Waals surface area contributed by atoms with Gasteiger partial charge >= 0.3 is 0 Å². The summed E-state index contributed by atoms with van der Waals surface area (Å²) in [6.45, 7) is 1.65. The summed E-state index contributed by atoms with van der Waals surface area (Å²) in [5.41, 5.74) is 1.23. The number of nitrogens with one attached hydrogen (secondary N) is 1. The van der Waals surface area contributed by atoms with Crippen LogP contribution in [0.15, 0.2) is 23.8 Å². The maximum absolute atomic E-state index is 9.01. The Bertz CT molecular complexity index is 223. The second-order valence-electron chi connectivity index (χ2n) is 3.05. The van der Waals surface area contributed by atoms with Crippen LogP contribution in [0.2, 0.25) is 0 Å². The minimum Gasteiger partial charge on any atom is -0.394 e. The summed E-state index contributed by atoms with van der Waals surface area (Å²) in [6, 6.07) is 0.189. The fourth-order valence-corrected chi connectivity index (χ4v) is 1.56. The van der Waals surface area contributed by atoms with Crippen LogP contribution in [0.1, 0.15) is 0 Å². The van der Waals surface area contributed by atoms with Gasteiger partial charge in [0.25, 0.3) is 0 Å². The van der Waals surface area contributed by atoms with Gasteiger partial charge in [0.1, 0.15) is 0 Å². The van der Waals surface area contributed by atoms with Gasteiger partial charge in [0.05, 0.1) is 25.4 Å². The quantitative estimate of drug-likeness (QED) is 0.600. The van der Waals surface area contributed by atoms with Gasteiger partial charge in [-0.15, -0.1) is 0 Å². The topological polar surface area (TPSA) is 41.5 Å². The van der Waals surface area contributed by atoms with Crippen LogP contribution in [0.4, 0.5) is 0 Å². The van der Waals surface area contributed by atoms with Crippen LogP contribution in [0.5, 0.6) is 0 Å². The van der Waals surface area contributed by atoms with Gasteiger partial charge in [-0.3, -0.25) is 0 Å². The standard InChI is InChI=1S/C9H13NO2/c11-6-8-9(7-2-1-3-7)10-4-5-12-8/h1-3,8-11H,4-6H2/t8-,9?/m1/s1. The van der Waals surface area contributed by atoms with E-state index in [1.165, 1.54) is 5.57 Å². The molecule has 1 heterocycles. The molecule has 1 aliphatic heterocycles. The Morgan fingerprint density at radius 2 is 2.50 bits per heavy atom. The second-order valence-corrected chi connectivity index (χ2v) is 3.05. The molecule has 1 aliphatic carbocycles. The van der Waals surface area contributed by atoms with E-state index in [-0.39, 0.29) is 18.8 Å². The first kappa shape index (κ1) is 7.98. The third-order valence-corrected chi connectivity index (χ3v) is 2.29. The number of allylic oxidation sites excluding steroid dienone is 2. The molecule has 0 bridgehead atoms. The zero-order chi connectivity index (χ0) is 8.39. The van der Waals surface area contributed by atoms with Crippen molar-refractivity contribution in [3.8, 4) is 0 Å². The Balaban J connectivity index is 2.00. The van der Waals surface area contributed by atoms with Crippen molar-refractivity contribution < 1.29 is 9.84 Å². The lowest BCUT2D eigenvalue weighted by Crippen LogP contribution is -2.51. The highest BCUT2D eigenvalue weighted by atomic mass is 16.5. The summed E-state index contributed by atoms with van der Waals surface area (Å²) in [6.07, 6.45) is 6.03. The third-order valence-electron chi connectivity index (χ3n) is 2.29. The van der Waals surface area contributed by atoms with Crippen molar-refractivity contribution in [2.45, 2.75) is 12.1 Å². The van der Waals surface area contributed by atoms with Crippen molar-refractivity contribution in [3.63, 3.8) is 0 Å². The van der Waals surface area contributed by atoms with Gasteiger partial charge in [-0.2, -0.15) is 0 Å². The van der Waals surface area contributed by atoms with Crippen molar-refractivity contribution in [2.75, 3.05) is 19.8 Å². The molecule has 0 aromatic rings. The average Bonchev–Trinajstić information content (AvgIpc) is 2.02. The fourth-order valence-electron chi connectivity index (χ4n) is 1.56. The van der Waals surface area contributed by atoms with Gasteiger partial charge in [0.15, 0.2) is 0 Å². The van der Waals surface area contributed by atoms with E-state index in [0.29, 0.717) is 6.61 Å². The maximum Gasteiger partial charge on any atom is 0.1000 e. The van der Waals surface area contributed by atoms with Gasteiger partial charge in [-0.25, -0.2) is 0 Å². The highest BCUT2D eigenvalue weighted by Crippen LogP contribution is 2.19. The highest BCUT2D eigenvalue weighted by Gasteiger charge is 2.27. The van der Waals surface area contributed by atoms with Crippen LogP contribution in [-0.4, -0.2) is 37.0 Å². The molecule has 0 aromatic carbocycles. The van der Waals surface area contributed by atoms with Crippen molar-refractivity contribution in [3.05, 3.63) is 23.8 Å². The molecule has 2 rings (SSSR count). The van der Waals surface area contributed by atoms with Crippen LogP contribution < -0.4 is 5.32 Å². The molecule has 0 spiro atoms. The molecule has 3 heteroatoms.